The summed E-state index contributed by atoms with van der Waals surface area (Å²) in [6, 6.07) is 19.5. The van der Waals surface area contributed by atoms with Crippen molar-refractivity contribution in [1.82, 2.24) is 0 Å². The van der Waals surface area contributed by atoms with Crippen molar-refractivity contribution in [3.63, 3.8) is 0 Å². The quantitative estimate of drug-likeness (QED) is 0.218. The van der Waals surface area contributed by atoms with Gasteiger partial charge < -0.3 is 9.05 Å². The lowest BCUT2D eigenvalue weighted by atomic mass is 9.90. The summed E-state index contributed by atoms with van der Waals surface area (Å²) in [7, 11) is -3.88. The molecule has 0 N–H and O–H groups in total. The Kier molecular flexibility index (Phi) is 7.09. The first kappa shape index (κ1) is 24.1. The molecule has 0 aliphatic heterocycles. The fourth-order valence-corrected chi connectivity index (χ4v) is 7.62. The molecule has 33 heavy (non-hydrogen) atoms. The first-order chi connectivity index (χ1) is 15.8. The number of hydrogen-bond acceptors (Lipinski definition) is 5. The zero-order valence-electron chi connectivity index (χ0n) is 18.8. The molecule has 0 fully saturated rings. The van der Waals surface area contributed by atoms with E-state index in [4.69, 9.17) is 20.6 Å². The van der Waals surface area contributed by atoms with Gasteiger partial charge in [0.15, 0.2) is 10.9 Å². The van der Waals surface area contributed by atoms with Crippen LogP contribution in [0.3, 0.4) is 0 Å². The second-order valence-electron chi connectivity index (χ2n) is 7.98. The van der Waals surface area contributed by atoms with Crippen molar-refractivity contribution in [3.05, 3.63) is 82.2 Å². The van der Waals surface area contributed by atoms with Crippen LogP contribution < -0.4 is 0 Å². The van der Waals surface area contributed by atoms with Gasteiger partial charge in [-0.3, -0.25) is 9.36 Å². The Bertz CT molecular complexity index is 1350. The molecule has 0 aliphatic carbocycles. The minimum atomic E-state index is -3.88. The lowest BCUT2D eigenvalue weighted by Gasteiger charge is -2.35. The molecule has 0 amide bonds. The molecular weight excluding hydrogens is 475 g/mol. The second-order valence-corrected chi connectivity index (χ2v) is 11.7. The number of benzene rings is 3. The molecule has 1 atom stereocenters. The summed E-state index contributed by atoms with van der Waals surface area (Å²) in [6.45, 7) is 5.52. The van der Waals surface area contributed by atoms with Crippen LogP contribution in [0.4, 0.5) is 0 Å². The fourth-order valence-electron chi connectivity index (χ4n) is 4.17. The minimum Gasteiger partial charge on any atom is -0.308 e. The smallest absolute Gasteiger partial charge is 0.308 e. The number of rotatable bonds is 9. The van der Waals surface area contributed by atoms with Crippen LogP contribution in [-0.2, 0) is 30.0 Å². The Morgan fingerprint density at radius 2 is 1.70 bits per heavy atom. The Hall–Kier alpha value is -2.01. The molecule has 4 rings (SSSR count). The normalized spacial score (nSPS) is 13.9. The predicted octanol–water partition coefficient (Wildman–Crippen LogP) is 8.00. The van der Waals surface area contributed by atoms with Crippen LogP contribution in [0.1, 0.15) is 31.9 Å². The van der Waals surface area contributed by atoms with Gasteiger partial charge in [0.05, 0.1) is 13.2 Å². The summed E-state index contributed by atoms with van der Waals surface area (Å²) < 4.78 is 26.7. The van der Waals surface area contributed by atoms with Crippen molar-refractivity contribution < 1.29 is 18.4 Å². The Labute approximate surface area is 203 Å². The topological polar surface area (TPSA) is 52.6 Å². The number of ketones is 1. The molecule has 0 saturated heterocycles. The van der Waals surface area contributed by atoms with Crippen LogP contribution >= 0.6 is 30.5 Å². The Morgan fingerprint density at radius 3 is 2.39 bits per heavy atom. The first-order valence-corrected chi connectivity index (χ1v) is 13.7. The van der Waals surface area contributed by atoms with Crippen molar-refractivity contribution >= 4 is 57.2 Å². The Morgan fingerprint density at radius 1 is 1.00 bits per heavy atom. The van der Waals surface area contributed by atoms with Crippen LogP contribution in [0.5, 0.6) is 0 Å². The average Bonchev–Trinajstić information content (AvgIpc) is 3.22. The number of Topliss-reactive ketones (excluding diaryl/α,β-unsaturated/α-hetero) is 1. The third-order valence-corrected chi connectivity index (χ3v) is 9.91. The van der Waals surface area contributed by atoms with E-state index in [9.17, 15) is 9.36 Å². The summed E-state index contributed by atoms with van der Waals surface area (Å²) in [5, 5.41) is 3.88. The average molecular weight is 501 g/mol. The van der Waals surface area contributed by atoms with Gasteiger partial charge in [-0.05, 0) is 71.6 Å². The van der Waals surface area contributed by atoms with E-state index in [1.54, 1.807) is 20.8 Å². The molecule has 1 unspecified atom stereocenters. The van der Waals surface area contributed by atoms with Crippen molar-refractivity contribution in [1.29, 1.82) is 0 Å². The molecule has 1 aromatic heterocycles. The van der Waals surface area contributed by atoms with Gasteiger partial charge in [0, 0.05) is 16.1 Å². The maximum atomic E-state index is 14.2. The van der Waals surface area contributed by atoms with Crippen molar-refractivity contribution in [3.8, 4) is 0 Å². The van der Waals surface area contributed by atoms with E-state index in [0.29, 0.717) is 10.6 Å². The summed E-state index contributed by atoms with van der Waals surface area (Å²) >= 11 is 7.77. The molecule has 0 saturated carbocycles. The molecular formula is C26H26ClO4PS. The molecule has 1 heterocycles. The van der Waals surface area contributed by atoms with Gasteiger partial charge in [-0.1, -0.05) is 54.1 Å². The molecule has 0 aliphatic rings. The van der Waals surface area contributed by atoms with Gasteiger partial charge >= 0.3 is 7.60 Å². The van der Waals surface area contributed by atoms with Crippen LogP contribution in [0.25, 0.3) is 20.9 Å². The molecule has 172 valence electrons. The molecule has 3 aromatic carbocycles. The number of carbonyl (C=O) groups is 1. The predicted molar refractivity (Wildman–Crippen MR) is 138 cm³/mol. The maximum Gasteiger partial charge on any atom is 0.348 e. The fraction of sp³-hybridized carbons (Fsp3) is 0.269. The molecule has 0 spiro atoms. The molecule has 0 bridgehead atoms. The molecule has 7 heteroatoms. The third kappa shape index (κ3) is 4.41. The third-order valence-electron chi connectivity index (χ3n) is 5.93. The number of fused-ring (bicyclic) bond motifs is 2. The van der Waals surface area contributed by atoms with Crippen molar-refractivity contribution in [2.45, 2.75) is 32.3 Å². The molecule has 0 radical (unpaired) electrons. The number of halogens is 1. The van der Waals surface area contributed by atoms with Gasteiger partial charge in [0.2, 0.25) is 0 Å². The largest absolute Gasteiger partial charge is 0.348 e. The Balaban J connectivity index is 1.86. The van der Waals surface area contributed by atoms with Gasteiger partial charge in [-0.2, -0.15) is 0 Å². The monoisotopic (exact) mass is 500 g/mol. The zero-order valence-corrected chi connectivity index (χ0v) is 21.3. The van der Waals surface area contributed by atoms with Gasteiger partial charge in [-0.15, -0.1) is 11.3 Å². The van der Waals surface area contributed by atoms with Crippen LogP contribution in [0.2, 0.25) is 5.02 Å². The van der Waals surface area contributed by atoms with E-state index in [0.717, 1.165) is 26.4 Å². The lowest BCUT2D eigenvalue weighted by Crippen LogP contribution is -2.35. The highest BCUT2D eigenvalue weighted by Gasteiger charge is 2.54. The van der Waals surface area contributed by atoms with Crippen molar-refractivity contribution in [2.24, 2.45) is 0 Å². The highest BCUT2D eigenvalue weighted by Crippen LogP contribution is 2.66. The summed E-state index contributed by atoms with van der Waals surface area (Å²) in [5.41, 5.74) is 1.48. The van der Waals surface area contributed by atoms with Gasteiger partial charge in [-0.25, -0.2) is 0 Å². The SMILES string of the molecule is CCOP(=O)(OCC)C(C)(C(=O)Cc1ccc2ccccc2c1)c1csc2ccc(Cl)cc12. The van der Waals surface area contributed by atoms with Crippen LogP contribution in [0.15, 0.2) is 66.0 Å². The second kappa shape index (κ2) is 9.69. The molecule has 4 aromatic rings. The van der Waals surface area contributed by atoms with E-state index in [-0.39, 0.29) is 25.4 Å². The van der Waals surface area contributed by atoms with E-state index in [1.807, 2.05) is 66.0 Å². The van der Waals surface area contributed by atoms with E-state index in [1.165, 1.54) is 11.3 Å². The van der Waals surface area contributed by atoms with E-state index < -0.39 is 12.8 Å². The van der Waals surface area contributed by atoms with E-state index in [2.05, 4.69) is 0 Å². The lowest BCUT2D eigenvalue weighted by molar-refractivity contribution is -0.121. The minimum absolute atomic E-state index is 0.101. The van der Waals surface area contributed by atoms with Crippen LogP contribution in [-0.4, -0.2) is 19.0 Å². The highest BCUT2D eigenvalue weighted by atomic mass is 35.5. The summed E-state index contributed by atoms with van der Waals surface area (Å²) in [6.07, 6.45) is 0.101. The zero-order chi connectivity index (χ0) is 23.6. The summed E-state index contributed by atoms with van der Waals surface area (Å²) in [4.78, 5) is 14.0. The first-order valence-electron chi connectivity index (χ1n) is 10.9. The number of thiophene rings is 1. The summed E-state index contributed by atoms with van der Waals surface area (Å²) in [5.74, 6) is -0.220. The number of hydrogen-bond donors (Lipinski definition) is 0. The molecule has 4 nitrogen and oxygen atoms in total. The van der Waals surface area contributed by atoms with Gasteiger partial charge in [0.1, 0.15) is 0 Å². The highest BCUT2D eigenvalue weighted by molar-refractivity contribution is 7.56. The van der Waals surface area contributed by atoms with Crippen LogP contribution in [0, 0.1) is 0 Å². The standard InChI is InChI=1S/C26H26ClO4PS/c1-4-30-32(29,31-5-2)26(3,23-17-33-24-13-12-21(27)16-22(23)24)25(28)15-18-10-11-19-8-6-7-9-20(19)14-18/h6-14,16-17H,4-5,15H2,1-3H3. The van der Waals surface area contributed by atoms with Crippen molar-refractivity contribution in [2.75, 3.05) is 13.2 Å². The van der Waals surface area contributed by atoms with Gasteiger partial charge in [0.25, 0.3) is 0 Å². The van der Waals surface area contributed by atoms with E-state index >= 15 is 0 Å². The number of carbonyl (C=O) groups excluding carboxylic acids is 1. The maximum absolute atomic E-state index is 14.2.